The molecule has 20 nitrogen and oxygen atoms in total. The van der Waals surface area contributed by atoms with E-state index in [-0.39, 0.29) is 75.2 Å². The molecule has 0 bridgehead atoms. The predicted molar refractivity (Wildman–Crippen MR) is 444 cm³/mol. The van der Waals surface area contributed by atoms with Crippen molar-refractivity contribution in [2.75, 3.05) is 26.4 Å². The highest BCUT2D eigenvalue weighted by Crippen LogP contribution is 2.53. The molecule has 1 N–H and O–H groups in total. The Kier molecular flexibility index (Phi) is 52.3. The number of ketones is 1. The van der Waals surface area contributed by atoms with E-state index in [2.05, 4.69) is 33.0 Å². The maximum Gasteiger partial charge on any atom is 0.588 e. The second-order valence-corrected chi connectivity index (χ2v) is 36.1. The van der Waals surface area contributed by atoms with Gasteiger partial charge < -0.3 is 57.0 Å². The van der Waals surface area contributed by atoms with Crippen LogP contribution in [0.3, 0.4) is 0 Å². The molecule has 0 saturated carbocycles. The molecule has 0 spiro atoms. The van der Waals surface area contributed by atoms with Gasteiger partial charge >= 0.3 is 38.0 Å². The third-order valence-corrected chi connectivity index (χ3v) is 22.5. The van der Waals surface area contributed by atoms with Gasteiger partial charge in [0.15, 0.2) is 18.0 Å². The van der Waals surface area contributed by atoms with E-state index in [9.17, 15) is 19.2 Å². The van der Waals surface area contributed by atoms with E-state index < -0.39 is 114 Å². The fourth-order valence-corrected chi connectivity index (χ4v) is 14.6. The lowest BCUT2D eigenvalue weighted by molar-refractivity contribution is -0.271. The minimum Gasteiger partial charge on any atom is -0.462 e. The number of alkyl halides is 6. The van der Waals surface area contributed by atoms with Crippen molar-refractivity contribution < 1.29 is 89.5 Å². The Balaban J connectivity index is 1.90. The molecule has 8 atom stereocenters. The maximum absolute atomic E-state index is 15.9. The van der Waals surface area contributed by atoms with Crippen molar-refractivity contribution in [3.05, 3.63) is 96.6 Å². The summed E-state index contributed by atoms with van der Waals surface area (Å²) >= 11 is 37.3. The molecule has 0 radical (unpaired) electrons. The molecule has 1 fully saturated rings. The van der Waals surface area contributed by atoms with E-state index in [0.29, 0.717) is 25.7 Å². The fraction of sp³-hybridized carbons (Fsp3) is 0.718. The van der Waals surface area contributed by atoms with Crippen LogP contribution in [0.15, 0.2) is 91.0 Å². The first-order valence-corrected chi connectivity index (χ1v) is 45.2. The highest BCUT2D eigenvalue weighted by Gasteiger charge is 2.55. The molecule has 1 unspecified atom stereocenters. The largest absolute Gasteiger partial charge is 0.588 e. The highest BCUT2D eigenvalue weighted by molar-refractivity contribution is 7.49. The van der Waals surface area contributed by atoms with Crippen LogP contribution >= 0.6 is 77.4 Å². The molecule has 1 saturated heterocycles. The molecule has 112 heavy (non-hydrogen) atoms. The molecule has 0 aromatic heterocycles. The van der Waals surface area contributed by atoms with E-state index in [0.717, 1.165) is 153 Å². The maximum atomic E-state index is 15.9. The molecular formula is C85H130Cl6NO19P. The van der Waals surface area contributed by atoms with E-state index in [4.69, 9.17) is 126 Å². The van der Waals surface area contributed by atoms with Gasteiger partial charge in [0.2, 0.25) is 7.59 Å². The summed E-state index contributed by atoms with van der Waals surface area (Å²) in [6, 6.07) is 23.3. The van der Waals surface area contributed by atoms with E-state index in [1.807, 2.05) is 30.3 Å². The second-order valence-electron chi connectivity index (χ2n) is 29.8. The minimum absolute atomic E-state index is 0.0190. The Bertz CT molecular complexity index is 3020. The molecule has 1 amide bonds. The van der Waals surface area contributed by atoms with Gasteiger partial charge in [-0.05, 0) is 88.6 Å². The Labute approximate surface area is 698 Å². The molecule has 0 aliphatic carbocycles. The number of carbonyl (C=O) groups is 6. The van der Waals surface area contributed by atoms with Gasteiger partial charge in [-0.25, -0.2) is 14.2 Å². The number of hydrogen-bond acceptors (Lipinski definition) is 19. The number of nitrogens with one attached hydrogen (secondary N) is 1. The number of para-hydroxylation sites is 2. The smallest absolute Gasteiger partial charge is 0.462 e. The van der Waals surface area contributed by atoms with Crippen LogP contribution in [-0.2, 0) is 77.5 Å². The van der Waals surface area contributed by atoms with Gasteiger partial charge in [-0.2, -0.15) is 0 Å². The number of hydrogen-bond donors (Lipinski definition) is 1. The first-order chi connectivity index (χ1) is 53.8. The number of halogens is 6. The van der Waals surface area contributed by atoms with Crippen LogP contribution in [0.5, 0.6) is 11.5 Å². The Morgan fingerprint density at radius 2 is 0.938 bits per heavy atom. The predicted octanol–water partition coefficient (Wildman–Crippen LogP) is 24.6. The molecule has 4 rings (SSSR count). The number of benzene rings is 3. The third kappa shape index (κ3) is 45.4. The summed E-state index contributed by atoms with van der Waals surface area (Å²) in [7, 11) is -5.18. The van der Waals surface area contributed by atoms with E-state index >= 15 is 14.2 Å². The molecule has 636 valence electrons. The van der Waals surface area contributed by atoms with Gasteiger partial charge in [0, 0.05) is 25.2 Å². The SMILES string of the molecule is CCCCCCCCCCC[C@H](CC(=O)O[C@H]1[C@H](OP(=O)(Oc2ccccc2)Oc2ccccc2)[C@@H](COC(=O)OC(C)(C)C(Cl)(Cl)Cl)OC(OCC[C@@H](COCc2ccccc2)C(=O)C[C@@H](CCCCCCCCCCC)OC(=O)CCCCCCCCC)[C@@H]1NC(=O)OCC(Cl)(Cl)Cl)OC(=O)CCCCCCCCC. The van der Waals surface area contributed by atoms with E-state index in [1.54, 1.807) is 36.4 Å². The Hall–Kier alpha value is -4.31. The van der Waals surface area contributed by atoms with Crippen molar-refractivity contribution in [3.8, 4) is 11.5 Å². The number of alkyl carbamates (subject to hydrolysis) is 1. The standard InChI is InChI=1S/C85H130Cl6NO19P/c1-7-11-15-19-23-25-29-31-40-54-70(104-74(94)56-46-33-27-21-17-13-9-3)60-72(93)67(63-100-62-66-48-38-35-39-49-66)58-59-101-80-77(92-81(97)103-65-84(86,87)88)79(107-76(96)61-71(55-41-32-30-26-24-20-16-12-8-2)105-75(95)57-47-34-28-22-18-14-10-4)78(73(106-80)64-102-82(98)108-83(5,6)85(89,90)91)111-112(99,109-68-50-42-36-43-51-68)110-69-52-44-37-45-53-69/h35-39,42-45,48-53,67,70-71,73,77-80H,7-34,40-41,46-47,54-65H2,1-6H3,(H,92,97)/t67-,70+,71+,73+,77+,78+,79+,80?/m0/s1. The third-order valence-electron chi connectivity index (χ3n) is 19.4. The van der Waals surface area contributed by atoms with Gasteiger partial charge in [0.05, 0.1) is 26.2 Å². The molecule has 3 aromatic carbocycles. The lowest BCUT2D eigenvalue weighted by Crippen LogP contribution is -2.66. The first-order valence-electron chi connectivity index (χ1n) is 41.5. The molecule has 3 aromatic rings. The molecular weight excluding hydrogens is 1580 g/mol. The van der Waals surface area contributed by atoms with E-state index in [1.165, 1.54) is 76.6 Å². The monoisotopic (exact) mass is 1710 g/mol. The van der Waals surface area contributed by atoms with Crippen LogP contribution in [0.2, 0.25) is 0 Å². The van der Waals surface area contributed by atoms with Crippen molar-refractivity contribution >= 4 is 113 Å². The number of ether oxygens (including phenoxy) is 9. The first kappa shape index (κ1) is 100. The number of esters is 3. The van der Waals surface area contributed by atoms with Gasteiger partial charge in [-0.1, -0.05) is 344 Å². The summed E-state index contributed by atoms with van der Waals surface area (Å²) in [5.41, 5.74) is -0.982. The summed E-state index contributed by atoms with van der Waals surface area (Å²) in [5, 5.41) is 2.66. The summed E-state index contributed by atoms with van der Waals surface area (Å²) < 4.78 is 86.0. The second kappa shape index (κ2) is 58.5. The van der Waals surface area contributed by atoms with Gasteiger partial charge in [0.1, 0.15) is 61.0 Å². The molecule has 1 aliphatic heterocycles. The number of carbonyl (C=O) groups excluding carboxylic acids is 6. The molecule has 27 heteroatoms. The van der Waals surface area contributed by atoms with Crippen molar-refractivity contribution in [2.45, 2.75) is 355 Å². The topological polar surface area (TPSA) is 242 Å². The number of phosphoric acid groups is 1. The summed E-state index contributed by atoms with van der Waals surface area (Å²) in [4.78, 5) is 86.6. The zero-order valence-corrected chi connectivity index (χ0v) is 72.8. The van der Waals surface area contributed by atoms with Crippen LogP contribution in [0, 0.1) is 5.92 Å². The average Bonchev–Trinajstić information content (AvgIpc) is 0.770. The van der Waals surface area contributed by atoms with Crippen molar-refractivity contribution in [1.29, 1.82) is 0 Å². The van der Waals surface area contributed by atoms with Gasteiger partial charge in [-0.15, -0.1) is 0 Å². The van der Waals surface area contributed by atoms with Gasteiger partial charge in [-0.3, -0.25) is 23.7 Å². The van der Waals surface area contributed by atoms with Crippen LogP contribution in [-0.4, -0.2) is 118 Å². The van der Waals surface area contributed by atoms with Crippen LogP contribution in [0.1, 0.15) is 298 Å². The number of amides is 1. The number of unbranched alkanes of at least 4 members (excludes halogenated alkanes) is 28. The van der Waals surface area contributed by atoms with Crippen molar-refractivity contribution in [1.82, 2.24) is 5.32 Å². The lowest BCUT2D eigenvalue weighted by atomic mass is 9.94. The molecule has 1 aliphatic rings. The van der Waals surface area contributed by atoms with Gasteiger partial charge in [0.25, 0.3) is 0 Å². The summed E-state index contributed by atoms with van der Waals surface area (Å²) in [6.45, 7) is 9.25. The Morgan fingerprint density at radius 3 is 1.38 bits per heavy atom. The Morgan fingerprint density at radius 1 is 0.509 bits per heavy atom. The van der Waals surface area contributed by atoms with Crippen molar-refractivity contribution in [3.63, 3.8) is 0 Å². The fourth-order valence-electron chi connectivity index (χ4n) is 12.9. The minimum atomic E-state index is -5.18. The zero-order chi connectivity index (χ0) is 81.7. The highest BCUT2D eigenvalue weighted by atomic mass is 35.6. The van der Waals surface area contributed by atoms with Crippen molar-refractivity contribution in [2.24, 2.45) is 5.92 Å². The number of Topliss-reactive ketones (excluding diaryl/α,β-unsaturated/α-hetero) is 1. The molecule has 1 heterocycles. The lowest BCUT2D eigenvalue weighted by Gasteiger charge is -2.45. The summed E-state index contributed by atoms with van der Waals surface area (Å²) in [5.74, 6) is -3.14. The zero-order valence-electron chi connectivity index (χ0n) is 67.4. The number of phosphoric ester groups is 1. The quantitative estimate of drug-likeness (QED) is 0.0181. The summed E-state index contributed by atoms with van der Waals surface area (Å²) in [6.07, 6.45) is 20.6. The van der Waals surface area contributed by atoms with Crippen LogP contribution < -0.4 is 14.4 Å². The average molecular weight is 1710 g/mol. The normalized spacial score (nSPS) is 16.8. The number of rotatable bonds is 63. The van der Waals surface area contributed by atoms with Crippen LogP contribution in [0.4, 0.5) is 9.59 Å². The van der Waals surface area contributed by atoms with Crippen LogP contribution in [0.25, 0.3) is 0 Å².